The zero-order chi connectivity index (χ0) is 28.1. The van der Waals surface area contributed by atoms with Gasteiger partial charge in [-0.1, -0.05) is 172 Å². The molecule has 0 aromatic carbocycles. The molecule has 1 fully saturated rings. The van der Waals surface area contributed by atoms with Gasteiger partial charge in [0.05, 0.1) is 0 Å². The van der Waals surface area contributed by atoms with E-state index in [-0.39, 0.29) is 0 Å². The highest BCUT2D eigenvalue weighted by Crippen LogP contribution is 2.44. The molecule has 1 rings (SSSR count). The van der Waals surface area contributed by atoms with Crippen LogP contribution in [-0.4, -0.2) is 6.04 Å². The maximum absolute atomic E-state index is 6.40. The van der Waals surface area contributed by atoms with Gasteiger partial charge in [0.2, 0.25) is 0 Å². The Morgan fingerprint density at radius 3 is 1.97 bits per heavy atom. The van der Waals surface area contributed by atoms with Crippen molar-refractivity contribution in [2.75, 3.05) is 0 Å². The van der Waals surface area contributed by atoms with E-state index in [1.807, 2.05) is 0 Å². The first-order chi connectivity index (χ1) is 18.3. The molecule has 0 radical (unpaired) electrons. The van der Waals surface area contributed by atoms with Crippen LogP contribution < -0.4 is 5.73 Å². The van der Waals surface area contributed by atoms with E-state index < -0.39 is 0 Å². The Hall–Kier alpha value is -1.08. The van der Waals surface area contributed by atoms with Gasteiger partial charge in [-0.3, -0.25) is 0 Å². The molecule has 0 heterocycles. The lowest BCUT2D eigenvalue weighted by Crippen LogP contribution is -2.32. The fourth-order valence-corrected chi connectivity index (χ4v) is 6.27. The molecular weight excluding hydrogens is 458 g/mol. The lowest BCUT2D eigenvalue weighted by Gasteiger charge is -2.41. The highest BCUT2D eigenvalue weighted by molar-refractivity contribution is 5.27. The molecule has 38 heavy (non-hydrogen) atoms. The van der Waals surface area contributed by atoms with Gasteiger partial charge in [0.15, 0.2) is 0 Å². The third-order valence-electron chi connectivity index (χ3n) is 8.96. The van der Waals surface area contributed by atoms with Crippen LogP contribution in [0.2, 0.25) is 0 Å². The summed E-state index contributed by atoms with van der Waals surface area (Å²) in [5.74, 6) is 1.48. The van der Waals surface area contributed by atoms with Crippen LogP contribution in [0.25, 0.3) is 0 Å². The van der Waals surface area contributed by atoms with E-state index in [9.17, 15) is 0 Å². The molecule has 1 saturated carbocycles. The molecule has 0 aromatic heterocycles. The van der Waals surface area contributed by atoms with E-state index in [0.29, 0.717) is 17.4 Å². The first-order valence-electron chi connectivity index (χ1n) is 16.7. The second kappa shape index (κ2) is 21.7. The number of hydrogen-bond acceptors (Lipinski definition) is 1. The molecule has 0 saturated heterocycles. The van der Waals surface area contributed by atoms with Crippen molar-refractivity contribution in [1.29, 1.82) is 0 Å². The Balaban J connectivity index is 2.11. The van der Waals surface area contributed by atoms with E-state index in [4.69, 9.17) is 5.73 Å². The van der Waals surface area contributed by atoms with Gasteiger partial charge in [0, 0.05) is 6.04 Å². The molecule has 220 valence electrons. The molecule has 0 aromatic rings. The molecule has 0 amide bonds. The molecule has 1 nitrogen and oxygen atoms in total. The van der Waals surface area contributed by atoms with Gasteiger partial charge in [-0.25, -0.2) is 0 Å². The van der Waals surface area contributed by atoms with Crippen LogP contribution in [0.3, 0.4) is 0 Å². The van der Waals surface area contributed by atoms with Crippen LogP contribution in [0.5, 0.6) is 0 Å². The normalized spacial score (nSPS) is 21.6. The smallest absolute Gasteiger partial charge is 0.00417 e. The molecule has 0 bridgehead atoms. The Bertz CT molecular complexity index is 691. The molecule has 0 aliphatic heterocycles. The van der Waals surface area contributed by atoms with Crippen LogP contribution >= 0.6 is 0 Å². The molecule has 1 heteroatoms. The van der Waals surface area contributed by atoms with Crippen molar-refractivity contribution in [3.05, 3.63) is 47.6 Å². The number of hydrogen-bond donors (Lipinski definition) is 1. The summed E-state index contributed by atoms with van der Waals surface area (Å²) in [5, 5.41) is 0. The molecular formula is C37H67N. The SMILES string of the molecule is CCCCCCCCCCCCCCCC(N)CC/C=C(C)/C=C/C=C(C)/C=C/C1C(C)CCCC1(C)C. The Labute approximate surface area is 239 Å². The number of unbranched alkanes of at least 4 members (excludes halogenated alkanes) is 12. The summed E-state index contributed by atoms with van der Waals surface area (Å²) in [7, 11) is 0. The summed E-state index contributed by atoms with van der Waals surface area (Å²) in [5.41, 5.74) is 9.50. The van der Waals surface area contributed by atoms with Crippen LogP contribution in [-0.2, 0) is 0 Å². The summed E-state index contributed by atoms with van der Waals surface area (Å²) < 4.78 is 0. The molecule has 0 spiro atoms. The lowest BCUT2D eigenvalue weighted by molar-refractivity contribution is 0.123. The van der Waals surface area contributed by atoms with Crippen molar-refractivity contribution in [3.8, 4) is 0 Å². The van der Waals surface area contributed by atoms with E-state index in [1.165, 1.54) is 120 Å². The topological polar surface area (TPSA) is 26.0 Å². The lowest BCUT2D eigenvalue weighted by atomic mass is 9.64. The zero-order valence-corrected chi connectivity index (χ0v) is 26.7. The average Bonchev–Trinajstić information content (AvgIpc) is 2.86. The molecule has 3 atom stereocenters. The van der Waals surface area contributed by atoms with E-state index in [0.717, 1.165) is 18.8 Å². The van der Waals surface area contributed by atoms with E-state index in [2.05, 4.69) is 78.0 Å². The van der Waals surface area contributed by atoms with Crippen LogP contribution in [0.4, 0.5) is 0 Å². The minimum absolute atomic E-state index is 0.356. The van der Waals surface area contributed by atoms with Gasteiger partial charge < -0.3 is 5.73 Å². The van der Waals surface area contributed by atoms with Gasteiger partial charge in [-0.15, -0.1) is 0 Å². The Morgan fingerprint density at radius 1 is 0.816 bits per heavy atom. The summed E-state index contributed by atoms with van der Waals surface area (Å²) >= 11 is 0. The van der Waals surface area contributed by atoms with Crippen molar-refractivity contribution < 1.29 is 0 Å². The van der Waals surface area contributed by atoms with Crippen molar-refractivity contribution in [2.24, 2.45) is 23.0 Å². The number of rotatable bonds is 21. The second-order valence-electron chi connectivity index (χ2n) is 13.3. The summed E-state index contributed by atoms with van der Waals surface area (Å²) in [6.07, 6.45) is 39.7. The minimum atomic E-state index is 0.356. The Kier molecular flexibility index (Phi) is 20.0. The quantitative estimate of drug-likeness (QED) is 0.117. The van der Waals surface area contributed by atoms with Crippen LogP contribution in [0.15, 0.2) is 47.6 Å². The van der Waals surface area contributed by atoms with E-state index >= 15 is 0 Å². The van der Waals surface area contributed by atoms with Crippen molar-refractivity contribution >= 4 is 0 Å². The summed E-state index contributed by atoms with van der Waals surface area (Å²) in [4.78, 5) is 0. The molecule has 3 unspecified atom stereocenters. The highest BCUT2D eigenvalue weighted by atomic mass is 14.6. The Morgan fingerprint density at radius 2 is 1.39 bits per heavy atom. The summed E-state index contributed by atoms with van der Waals surface area (Å²) in [6.45, 7) is 14.0. The first-order valence-corrected chi connectivity index (χ1v) is 16.7. The van der Waals surface area contributed by atoms with Crippen LogP contribution in [0.1, 0.15) is 164 Å². The third kappa shape index (κ3) is 17.5. The third-order valence-corrected chi connectivity index (χ3v) is 8.96. The van der Waals surface area contributed by atoms with Gasteiger partial charge >= 0.3 is 0 Å². The van der Waals surface area contributed by atoms with Gasteiger partial charge in [-0.2, -0.15) is 0 Å². The number of allylic oxidation sites excluding steroid dienone is 8. The van der Waals surface area contributed by atoms with Gasteiger partial charge in [-0.05, 0) is 56.8 Å². The molecule has 1 aliphatic carbocycles. The maximum Gasteiger partial charge on any atom is 0.00417 e. The predicted octanol–water partition coefficient (Wildman–Crippen LogP) is 12.0. The summed E-state index contributed by atoms with van der Waals surface area (Å²) in [6, 6.07) is 0.356. The average molecular weight is 526 g/mol. The largest absolute Gasteiger partial charge is 0.328 e. The predicted molar refractivity (Wildman–Crippen MR) is 174 cm³/mol. The minimum Gasteiger partial charge on any atom is -0.328 e. The van der Waals surface area contributed by atoms with Gasteiger partial charge in [0.1, 0.15) is 0 Å². The van der Waals surface area contributed by atoms with E-state index in [1.54, 1.807) is 0 Å². The first kappa shape index (κ1) is 34.9. The second-order valence-corrected chi connectivity index (χ2v) is 13.3. The van der Waals surface area contributed by atoms with Crippen molar-refractivity contribution in [1.82, 2.24) is 0 Å². The molecule has 2 N–H and O–H groups in total. The fourth-order valence-electron chi connectivity index (χ4n) is 6.27. The maximum atomic E-state index is 6.40. The monoisotopic (exact) mass is 526 g/mol. The van der Waals surface area contributed by atoms with Gasteiger partial charge in [0.25, 0.3) is 0 Å². The number of nitrogens with two attached hydrogens (primary N) is 1. The van der Waals surface area contributed by atoms with Crippen molar-refractivity contribution in [2.45, 2.75) is 170 Å². The zero-order valence-electron chi connectivity index (χ0n) is 26.7. The van der Waals surface area contributed by atoms with Crippen LogP contribution in [0, 0.1) is 17.3 Å². The van der Waals surface area contributed by atoms with Crippen molar-refractivity contribution in [3.63, 3.8) is 0 Å². The standard InChI is InChI=1S/C37H67N/c1-7-8-9-10-11-12-13-14-15-16-17-18-19-27-35(38)28-21-25-32(2)23-20-24-33(3)29-30-36-34(4)26-22-31-37(36,5)6/h20,23-25,29-30,34-36H,7-19,21-22,26-28,31,38H2,1-6H3/b23-20+,30-29+,32-25+,33-24+. The molecule has 1 aliphatic rings. The fraction of sp³-hybridized carbons (Fsp3) is 0.784. The highest BCUT2D eigenvalue weighted by Gasteiger charge is 2.34.